The molecule has 7 aromatic carbocycles. The molecule has 1 N–H and O–H groups in total. The third-order valence-corrected chi connectivity index (χ3v) is 11.0. The predicted molar refractivity (Wildman–Crippen MR) is 223 cm³/mol. The lowest BCUT2D eigenvalue weighted by molar-refractivity contribution is 0.701. The number of hydrogen-bond acceptors (Lipinski definition) is 2. The van der Waals surface area contributed by atoms with Crippen molar-refractivity contribution in [3.8, 4) is 11.1 Å². The highest BCUT2D eigenvalue weighted by Crippen LogP contribution is 2.64. The molecular weight excluding hydrogens is 641 g/mol. The molecular formula is C51H42N2. The quantitative estimate of drug-likeness (QED) is 0.161. The highest BCUT2D eigenvalue weighted by atomic mass is 15.2. The first-order valence-corrected chi connectivity index (χ1v) is 18.8. The van der Waals surface area contributed by atoms with Crippen LogP contribution in [0.4, 0.5) is 17.1 Å². The number of benzene rings is 7. The van der Waals surface area contributed by atoms with Crippen molar-refractivity contribution in [3.63, 3.8) is 0 Å². The van der Waals surface area contributed by atoms with Crippen LogP contribution in [0, 0.1) is 0 Å². The smallest absolute Gasteiger partial charge is 0.0754 e. The van der Waals surface area contributed by atoms with Gasteiger partial charge in [-0.05, 0) is 99.3 Å². The van der Waals surface area contributed by atoms with Gasteiger partial charge in [-0.25, -0.2) is 0 Å². The van der Waals surface area contributed by atoms with E-state index in [0.717, 1.165) is 23.4 Å². The summed E-state index contributed by atoms with van der Waals surface area (Å²) in [5.74, 6) is 0. The molecule has 9 rings (SSSR count). The number of fused-ring (bicyclic) bond motifs is 9. The van der Waals surface area contributed by atoms with Crippen molar-refractivity contribution in [1.29, 1.82) is 0 Å². The molecule has 1 atom stereocenters. The largest absolute Gasteiger partial charge is 0.378 e. The van der Waals surface area contributed by atoms with E-state index < -0.39 is 5.41 Å². The fourth-order valence-corrected chi connectivity index (χ4v) is 8.76. The van der Waals surface area contributed by atoms with Gasteiger partial charge in [-0.1, -0.05) is 171 Å². The summed E-state index contributed by atoms with van der Waals surface area (Å²) in [5.41, 5.74) is 16.9. The van der Waals surface area contributed by atoms with Crippen LogP contribution in [0.1, 0.15) is 65.3 Å². The van der Waals surface area contributed by atoms with Gasteiger partial charge >= 0.3 is 0 Å². The summed E-state index contributed by atoms with van der Waals surface area (Å²) in [5, 5.41) is 3.91. The van der Waals surface area contributed by atoms with Crippen LogP contribution in [0.25, 0.3) is 22.4 Å². The molecule has 1 heterocycles. The molecule has 1 aliphatic heterocycles. The summed E-state index contributed by atoms with van der Waals surface area (Å²) in [4.78, 5) is 2.44. The Bertz CT molecular complexity index is 2430. The topological polar surface area (TPSA) is 15.3 Å². The van der Waals surface area contributed by atoms with Crippen LogP contribution in [-0.4, -0.2) is 0 Å². The third kappa shape index (κ3) is 5.33. The second-order valence-electron chi connectivity index (χ2n) is 14.0. The number of anilines is 3. The van der Waals surface area contributed by atoms with E-state index in [1.807, 2.05) is 0 Å². The minimum atomic E-state index is -0.496. The lowest BCUT2D eigenvalue weighted by atomic mass is 9.64. The molecule has 0 saturated carbocycles. The monoisotopic (exact) mass is 682 g/mol. The highest BCUT2D eigenvalue weighted by molar-refractivity contribution is 6.00. The maximum Gasteiger partial charge on any atom is 0.0754 e. The van der Waals surface area contributed by atoms with Crippen molar-refractivity contribution < 1.29 is 0 Å². The Hall–Kier alpha value is -6.38. The average Bonchev–Trinajstić information content (AvgIpc) is 3.52. The molecule has 2 aliphatic rings. The number of nitrogens with one attached hydrogen (secondary N) is 1. The van der Waals surface area contributed by atoms with Gasteiger partial charge in [-0.2, -0.15) is 0 Å². The predicted octanol–water partition coefficient (Wildman–Crippen LogP) is 13.0. The zero-order valence-electron chi connectivity index (χ0n) is 30.2. The van der Waals surface area contributed by atoms with E-state index in [1.165, 1.54) is 61.5 Å². The number of allylic oxidation sites excluding steroid dienone is 3. The van der Waals surface area contributed by atoms with Crippen molar-refractivity contribution in [2.75, 3.05) is 4.90 Å². The van der Waals surface area contributed by atoms with E-state index in [-0.39, 0.29) is 6.04 Å². The van der Waals surface area contributed by atoms with E-state index in [4.69, 9.17) is 0 Å². The van der Waals surface area contributed by atoms with Gasteiger partial charge in [0, 0.05) is 17.4 Å². The van der Waals surface area contributed by atoms with Crippen LogP contribution in [0.15, 0.2) is 194 Å². The second kappa shape index (κ2) is 13.6. The molecule has 7 aromatic rings. The first-order valence-electron chi connectivity index (χ1n) is 18.8. The molecule has 0 saturated heterocycles. The lowest BCUT2D eigenvalue weighted by Gasteiger charge is -2.45. The molecule has 0 radical (unpaired) electrons. The highest BCUT2D eigenvalue weighted by Gasteiger charge is 2.52. The van der Waals surface area contributed by atoms with Gasteiger partial charge in [-0.15, -0.1) is 0 Å². The molecule has 0 aromatic heterocycles. The van der Waals surface area contributed by atoms with E-state index in [9.17, 15) is 0 Å². The first-order chi connectivity index (χ1) is 26.2. The molecule has 2 nitrogen and oxygen atoms in total. The summed E-state index contributed by atoms with van der Waals surface area (Å²) >= 11 is 0. The average molecular weight is 683 g/mol. The Morgan fingerprint density at radius 2 is 1.13 bits per heavy atom. The summed E-state index contributed by atoms with van der Waals surface area (Å²) in [7, 11) is 0. The van der Waals surface area contributed by atoms with Crippen molar-refractivity contribution in [3.05, 3.63) is 233 Å². The van der Waals surface area contributed by atoms with Crippen LogP contribution in [0.2, 0.25) is 0 Å². The van der Waals surface area contributed by atoms with Crippen LogP contribution >= 0.6 is 0 Å². The lowest BCUT2D eigenvalue weighted by Crippen LogP contribution is -2.36. The molecule has 2 heteroatoms. The van der Waals surface area contributed by atoms with Gasteiger partial charge in [0.15, 0.2) is 0 Å². The minimum absolute atomic E-state index is 0.124. The fraction of sp³-hybridized carbons (Fsp3) is 0.0980. The number of hydrogen-bond donors (Lipinski definition) is 1. The molecule has 1 spiro atoms. The van der Waals surface area contributed by atoms with Gasteiger partial charge in [0.05, 0.1) is 16.8 Å². The molecule has 0 fully saturated rings. The molecule has 256 valence electrons. The van der Waals surface area contributed by atoms with Crippen molar-refractivity contribution >= 4 is 28.3 Å². The fourth-order valence-electron chi connectivity index (χ4n) is 8.76. The Kier molecular flexibility index (Phi) is 8.37. The molecule has 53 heavy (non-hydrogen) atoms. The van der Waals surface area contributed by atoms with E-state index in [1.54, 1.807) is 0 Å². The molecule has 0 bridgehead atoms. The van der Waals surface area contributed by atoms with Crippen LogP contribution in [0.5, 0.6) is 0 Å². The number of nitrogens with zero attached hydrogens (tertiary/aromatic N) is 1. The summed E-state index contributed by atoms with van der Waals surface area (Å²) in [6.07, 6.45) is 5.68. The van der Waals surface area contributed by atoms with Crippen LogP contribution in [0.3, 0.4) is 0 Å². The van der Waals surface area contributed by atoms with Gasteiger partial charge < -0.3 is 10.2 Å². The summed E-state index contributed by atoms with van der Waals surface area (Å²) in [6.45, 7) is 4.48. The molecule has 1 aliphatic carbocycles. The van der Waals surface area contributed by atoms with E-state index in [2.05, 4.69) is 218 Å². The van der Waals surface area contributed by atoms with Crippen molar-refractivity contribution in [2.24, 2.45) is 0 Å². The maximum absolute atomic E-state index is 3.91. The van der Waals surface area contributed by atoms with Gasteiger partial charge in [-0.3, -0.25) is 0 Å². The summed E-state index contributed by atoms with van der Waals surface area (Å²) < 4.78 is 0. The minimum Gasteiger partial charge on any atom is -0.378 e. The Balaban J connectivity index is 1.29. The van der Waals surface area contributed by atoms with E-state index in [0.29, 0.717) is 0 Å². The van der Waals surface area contributed by atoms with Crippen LogP contribution in [-0.2, 0) is 5.41 Å². The van der Waals surface area contributed by atoms with Gasteiger partial charge in [0.1, 0.15) is 0 Å². The first kappa shape index (κ1) is 32.5. The zero-order chi connectivity index (χ0) is 35.8. The molecule has 0 amide bonds. The van der Waals surface area contributed by atoms with Crippen molar-refractivity contribution in [2.45, 2.75) is 31.7 Å². The molecule has 1 unspecified atom stereocenters. The standard InChI is InChI=1S/C51H42N2/c1-3-20-39(35-47(38-23-9-5-10-24-38)52-36(2)37-21-7-4-8-22-37)41-28-19-32-46-50(41)42-27-13-14-29-43(42)51(46)44-30-15-17-33-48(44)53(40-25-11-6-12-26-40)49-34-18-16-31-45(49)51/h4-36,52H,3H2,1-2H3/b39-20+,47-35-. The Morgan fingerprint density at radius 3 is 1.79 bits per heavy atom. The number of rotatable bonds is 8. The SMILES string of the molecule is CC/C=C(\C=C(/NC(C)c1ccccc1)c1ccccc1)c1cccc2c1-c1ccccc1C21c2ccccc2N(c2ccccc2)c2ccccc21. The normalized spacial score (nSPS) is 14.6. The third-order valence-electron chi connectivity index (χ3n) is 11.0. The van der Waals surface area contributed by atoms with Gasteiger partial charge in [0.25, 0.3) is 0 Å². The second-order valence-corrected chi connectivity index (χ2v) is 14.0. The van der Waals surface area contributed by atoms with Crippen molar-refractivity contribution in [1.82, 2.24) is 5.32 Å². The maximum atomic E-state index is 3.91. The number of para-hydroxylation sites is 3. The zero-order valence-corrected chi connectivity index (χ0v) is 30.2. The van der Waals surface area contributed by atoms with Crippen LogP contribution < -0.4 is 10.2 Å². The summed E-state index contributed by atoms with van der Waals surface area (Å²) in [6, 6.07) is 66.5. The Morgan fingerprint density at radius 1 is 0.585 bits per heavy atom. The van der Waals surface area contributed by atoms with E-state index >= 15 is 0 Å². The Labute approximate surface area is 313 Å². The van der Waals surface area contributed by atoms with Gasteiger partial charge in [0.2, 0.25) is 0 Å².